The zero-order chi connectivity index (χ0) is 16.7. The minimum absolute atomic E-state index is 0.0663. The first-order valence-corrected chi connectivity index (χ1v) is 9.11. The van der Waals surface area contributed by atoms with Crippen LogP contribution in [0.5, 0.6) is 0 Å². The van der Waals surface area contributed by atoms with Crippen molar-refractivity contribution in [2.24, 2.45) is 0 Å². The number of likely N-dealkylation sites (N-methyl/N-ethyl adjacent to an activating group) is 1. The highest BCUT2D eigenvalue weighted by atomic mass is 16.4. The summed E-state index contributed by atoms with van der Waals surface area (Å²) < 4.78 is 0. The van der Waals surface area contributed by atoms with E-state index in [1.165, 1.54) is 25.7 Å². The molecule has 1 aliphatic carbocycles. The van der Waals surface area contributed by atoms with Crippen LogP contribution in [0, 0.1) is 0 Å². The number of rotatable bonds is 5. The van der Waals surface area contributed by atoms with Crippen molar-refractivity contribution in [1.82, 2.24) is 15.1 Å². The van der Waals surface area contributed by atoms with Gasteiger partial charge in [0.2, 0.25) is 0 Å². The van der Waals surface area contributed by atoms with E-state index in [-0.39, 0.29) is 24.7 Å². The third-order valence-corrected chi connectivity index (χ3v) is 5.09. The van der Waals surface area contributed by atoms with Crippen LogP contribution in [-0.4, -0.2) is 65.2 Å². The minimum Gasteiger partial charge on any atom is -0.480 e. The molecule has 23 heavy (non-hydrogen) atoms. The molecule has 2 aliphatic rings. The summed E-state index contributed by atoms with van der Waals surface area (Å²) in [5.41, 5.74) is 0. The quantitative estimate of drug-likeness (QED) is 0.813. The van der Waals surface area contributed by atoms with Crippen LogP contribution in [0.4, 0.5) is 4.79 Å². The predicted octanol–water partition coefficient (Wildman–Crippen LogP) is 2.29. The van der Waals surface area contributed by atoms with E-state index < -0.39 is 5.97 Å². The second-order valence-electron chi connectivity index (χ2n) is 6.84. The summed E-state index contributed by atoms with van der Waals surface area (Å²) >= 11 is 0. The summed E-state index contributed by atoms with van der Waals surface area (Å²) in [4.78, 5) is 27.2. The van der Waals surface area contributed by atoms with Crippen molar-refractivity contribution in [2.45, 2.75) is 70.4 Å². The second kappa shape index (κ2) is 9.11. The summed E-state index contributed by atoms with van der Waals surface area (Å²) in [5, 5.41) is 12.0. The Morgan fingerprint density at radius 3 is 2.17 bits per heavy atom. The average Bonchev–Trinajstić information content (AvgIpc) is 2.61. The molecule has 1 heterocycles. The molecule has 1 aliphatic heterocycles. The van der Waals surface area contributed by atoms with Crippen LogP contribution in [0.15, 0.2) is 0 Å². The molecule has 0 aromatic heterocycles. The van der Waals surface area contributed by atoms with Crippen molar-refractivity contribution >= 4 is 12.0 Å². The molecule has 0 unspecified atom stereocenters. The lowest BCUT2D eigenvalue weighted by molar-refractivity contribution is -0.139. The fourth-order valence-electron chi connectivity index (χ4n) is 3.57. The predicted molar refractivity (Wildman–Crippen MR) is 89.5 cm³/mol. The summed E-state index contributed by atoms with van der Waals surface area (Å²) in [6.45, 7) is 4.54. The number of urea groups is 1. The molecule has 1 saturated carbocycles. The molecule has 2 N–H and O–H groups in total. The maximum atomic E-state index is 12.4. The van der Waals surface area contributed by atoms with Gasteiger partial charge in [-0.05, 0) is 32.2 Å². The SMILES string of the molecule is CCN(CC(=O)O)C1CC(NC(=O)N2CCCCCCCC2)C1. The van der Waals surface area contributed by atoms with Gasteiger partial charge in [0.25, 0.3) is 0 Å². The maximum Gasteiger partial charge on any atom is 0.317 e. The fraction of sp³-hybridized carbons (Fsp3) is 0.882. The van der Waals surface area contributed by atoms with Crippen molar-refractivity contribution in [3.05, 3.63) is 0 Å². The van der Waals surface area contributed by atoms with Gasteiger partial charge in [0.1, 0.15) is 0 Å². The van der Waals surface area contributed by atoms with E-state index in [0.29, 0.717) is 0 Å². The highest BCUT2D eigenvalue weighted by Crippen LogP contribution is 2.25. The summed E-state index contributed by atoms with van der Waals surface area (Å²) in [6.07, 6.45) is 8.94. The Balaban J connectivity index is 1.72. The molecule has 0 atom stereocenters. The Bertz CT molecular complexity index is 387. The van der Waals surface area contributed by atoms with Gasteiger partial charge in [-0.3, -0.25) is 9.69 Å². The zero-order valence-corrected chi connectivity index (χ0v) is 14.3. The van der Waals surface area contributed by atoms with E-state index in [4.69, 9.17) is 5.11 Å². The van der Waals surface area contributed by atoms with Crippen LogP contribution in [-0.2, 0) is 4.79 Å². The number of carboxylic acids is 1. The average molecular weight is 325 g/mol. The number of carbonyl (C=O) groups is 2. The van der Waals surface area contributed by atoms with Crippen molar-refractivity contribution in [2.75, 3.05) is 26.2 Å². The monoisotopic (exact) mass is 325 g/mol. The summed E-state index contributed by atoms with van der Waals surface area (Å²) in [5.74, 6) is -0.781. The van der Waals surface area contributed by atoms with E-state index in [1.54, 1.807) is 0 Å². The van der Waals surface area contributed by atoms with Gasteiger partial charge in [-0.1, -0.05) is 32.6 Å². The third kappa shape index (κ3) is 5.68. The van der Waals surface area contributed by atoms with Gasteiger partial charge < -0.3 is 15.3 Å². The zero-order valence-electron chi connectivity index (χ0n) is 14.3. The van der Waals surface area contributed by atoms with Crippen LogP contribution < -0.4 is 5.32 Å². The maximum absolute atomic E-state index is 12.4. The number of hydrogen-bond acceptors (Lipinski definition) is 3. The van der Waals surface area contributed by atoms with E-state index in [2.05, 4.69) is 5.32 Å². The smallest absolute Gasteiger partial charge is 0.317 e. The van der Waals surface area contributed by atoms with Gasteiger partial charge in [0.15, 0.2) is 0 Å². The van der Waals surface area contributed by atoms with Crippen LogP contribution >= 0.6 is 0 Å². The molecule has 0 spiro atoms. The van der Waals surface area contributed by atoms with Gasteiger partial charge in [-0.15, -0.1) is 0 Å². The number of amides is 2. The van der Waals surface area contributed by atoms with Gasteiger partial charge in [0, 0.05) is 25.2 Å². The topological polar surface area (TPSA) is 72.9 Å². The molecule has 0 aromatic rings. The summed E-state index contributed by atoms with van der Waals surface area (Å²) in [7, 11) is 0. The molecule has 0 bridgehead atoms. The number of hydrogen-bond donors (Lipinski definition) is 2. The van der Waals surface area contributed by atoms with Crippen LogP contribution in [0.1, 0.15) is 58.3 Å². The lowest BCUT2D eigenvalue weighted by Gasteiger charge is -2.42. The molecular formula is C17H31N3O3. The van der Waals surface area contributed by atoms with E-state index in [9.17, 15) is 9.59 Å². The largest absolute Gasteiger partial charge is 0.480 e. The minimum atomic E-state index is -0.781. The van der Waals surface area contributed by atoms with Gasteiger partial charge in [-0.2, -0.15) is 0 Å². The molecule has 1 saturated heterocycles. The number of carboxylic acid groups (broad SMARTS) is 1. The molecule has 2 amide bonds. The highest BCUT2D eigenvalue weighted by molar-refractivity contribution is 5.74. The molecular weight excluding hydrogens is 294 g/mol. The number of carbonyl (C=O) groups excluding carboxylic acids is 1. The number of nitrogens with zero attached hydrogens (tertiary/aromatic N) is 2. The van der Waals surface area contributed by atoms with Crippen LogP contribution in [0.3, 0.4) is 0 Å². The number of aliphatic carboxylic acids is 1. The Labute approximate surface area is 139 Å². The first kappa shape index (κ1) is 18.0. The van der Waals surface area contributed by atoms with Gasteiger partial charge >= 0.3 is 12.0 Å². The molecule has 6 heteroatoms. The number of nitrogens with one attached hydrogen (secondary N) is 1. The third-order valence-electron chi connectivity index (χ3n) is 5.09. The normalized spacial score (nSPS) is 25.9. The van der Waals surface area contributed by atoms with E-state index >= 15 is 0 Å². The van der Waals surface area contributed by atoms with Crippen molar-refractivity contribution in [3.8, 4) is 0 Å². The first-order valence-electron chi connectivity index (χ1n) is 9.11. The van der Waals surface area contributed by atoms with Crippen molar-refractivity contribution in [3.63, 3.8) is 0 Å². The Morgan fingerprint density at radius 1 is 1.09 bits per heavy atom. The van der Waals surface area contributed by atoms with Crippen LogP contribution in [0.2, 0.25) is 0 Å². The highest BCUT2D eigenvalue weighted by Gasteiger charge is 2.35. The lowest BCUT2D eigenvalue weighted by atomic mass is 9.85. The van der Waals surface area contributed by atoms with Crippen molar-refractivity contribution in [1.29, 1.82) is 0 Å². The Morgan fingerprint density at radius 2 is 1.65 bits per heavy atom. The van der Waals surface area contributed by atoms with E-state index in [0.717, 1.165) is 45.3 Å². The first-order chi connectivity index (χ1) is 11.1. The molecule has 132 valence electrons. The lowest BCUT2D eigenvalue weighted by Crippen LogP contribution is -2.57. The fourth-order valence-corrected chi connectivity index (χ4v) is 3.57. The molecule has 2 fully saturated rings. The van der Waals surface area contributed by atoms with Gasteiger partial charge in [0.05, 0.1) is 6.54 Å². The standard InChI is InChI=1S/C17H31N3O3/c1-2-19(13-16(21)22)15-11-14(12-15)18-17(23)20-9-7-5-3-4-6-8-10-20/h14-15H,2-13H2,1H3,(H,18,23)(H,21,22). The van der Waals surface area contributed by atoms with Crippen molar-refractivity contribution < 1.29 is 14.7 Å². The Hall–Kier alpha value is -1.30. The Kier molecular flexibility index (Phi) is 7.15. The van der Waals surface area contributed by atoms with Crippen LogP contribution in [0.25, 0.3) is 0 Å². The molecule has 6 nitrogen and oxygen atoms in total. The van der Waals surface area contributed by atoms with Gasteiger partial charge in [-0.25, -0.2) is 4.79 Å². The molecule has 0 radical (unpaired) electrons. The molecule has 0 aromatic carbocycles. The summed E-state index contributed by atoms with van der Waals surface area (Å²) in [6, 6.07) is 0.552. The second-order valence-corrected chi connectivity index (χ2v) is 6.84. The van der Waals surface area contributed by atoms with E-state index in [1.807, 2.05) is 16.7 Å². The molecule has 2 rings (SSSR count).